The predicted octanol–water partition coefficient (Wildman–Crippen LogP) is 6.61. The highest BCUT2D eigenvalue weighted by molar-refractivity contribution is 5.71. The molecule has 4 heteroatoms. The second-order valence-electron chi connectivity index (χ2n) is 6.93. The van der Waals surface area contributed by atoms with E-state index in [2.05, 4.69) is 25.1 Å². The minimum Gasteiger partial charge on any atom is -0.512 e. The first-order valence-corrected chi connectivity index (χ1v) is 10.2. The SMILES string of the molecule is CCCC/C(=C\c1cc(-c2ccc(OCCOCC)cc2)ccc1C)C(O)=CO. The molecular weight excluding hydrogens is 364 g/mol. The fourth-order valence-corrected chi connectivity index (χ4v) is 2.99. The maximum absolute atomic E-state index is 10.0. The summed E-state index contributed by atoms with van der Waals surface area (Å²) in [6.07, 6.45) is 5.42. The molecule has 2 aromatic carbocycles. The van der Waals surface area contributed by atoms with Gasteiger partial charge in [-0.3, -0.25) is 0 Å². The average Bonchev–Trinajstić information content (AvgIpc) is 2.75. The molecule has 4 nitrogen and oxygen atoms in total. The molecule has 0 aliphatic carbocycles. The number of aliphatic hydroxyl groups excluding tert-OH is 2. The first-order valence-electron chi connectivity index (χ1n) is 10.2. The Kier molecular flexibility index (Phi) is 9.32. The summed E-state index contributed by atoms with van der Waals surface area (Å²) in [6.45, 7) is 7.93. The molecule has 2 aromatic rings. The third-order valence-corrected chi connectivity index (χ3v) is 4.75. The van der Waals surface area contributed by atoms with Crippen molar-refractivity contribution >= 4 is 6.08 Å². The molecule has 0 fully saturated rings. The molecule has 29 heavy (non-hydrogen) atoms. The monoisotopic (exact) mass is 396 g/mol. The van der Waals surface area contributed by atoms with Gasteiger partial charge in [0.15, 0.2) is 5.76 Å². The van der Waals surface area contributed by atoms with Crippen molar-refractivity contribution in [3.05, 3.63) is 71.2 Å². The Balaban J connectivity index is 2.22. The van der Waals surface area contributed by atoms with Crippen molar-refractivity contribution in [1.82, 2.24) is 0 Å². The molecule has 156 valence electrons. The van der Waals surface area contributed by atoms with Crippen LogP contribution in [0.5, 0.6) is 5.75 Å². The second kappa shape index (κ2) is 12.0. The molecule has 0 aromatic heterocycles. The van der Waals surface area contributed by atoms with Crippen LogP contribution in [-0.2, 0) is 4.74 Å². The van der Waals surface area contributed by atoms with Crippen molar-refractivity contribution in [2.45, 2.75) is 40.0 Å². The number of hydrogen-bond donors (Lipinski definition) is 2. The van der Waals surface area contributed by atoms with Crippen molar-refractivity contribution in [3.63, 3.8) is 0 Å². The van der Waals surface area contributed by atoms with Crippen LogP contribution in [0.3, 0.4) is 0 Å². The van der Waals surface area contributed by atoms with E-state index in [9.17, 15) is 10.2 Å². The quantitative estimate of drug-likeness (QED) is 0.255. The maximum atomic E-state index is 10.0. The summed E-state index contributed by atoms with van der Waals surface area (Å²) in [5.41, 5.74) is 5.06. The van der Waals surface area contributed by atoms with Crippen LogP contribution in [0.4, 0.5) is 0 Å². The van der Waals surface area contributed by atoms with E-state index < -0.39 is 0 Å². The molecular formula is C25H32O4. The Bertz CT molecular complexity index is 819. The number of allylic oxidation sites excluding steroid dienone is 1. The summed E-state index contributed by atoms with van der Waals surface area (Å²) in [4.78, 5) is 0. The smallest absolute Gasteiger partial charge is 0.152 e. The first-order chi connectivity index (χ1) is 14.1. The number of unbranched alkanes of at least 4 members (excludes halogenated alkanes) is 1. The third-order valence-electron chi connectivity index (χ3n) is 4.75. The van der Waals surface area contributed by atoms with Crippen LogP contribution < -0.4 is 4.74 Å². The van der Waals surface area contributed by atoms with Gasteiger partial charge in [-0.05, 0) is 78.8 Å². The van der Waals surface area contributed by atoms with Gasteiger partial charge < -0.3 is 19.7 Å². The van der Waals surface area contributed by atoms with Gasteiger partial charge in [-0.2, -0.15) is 0 Å². The van der Waals surface area contributed by atoms with Crippen molar-refractivity contribution in [1.29, 1.82) is 0 Å². The van der Waals surface area contributed by atoms with Crippen LogP contribution in [0.1, 0.15) is 44.2 Å². The zero-order valence-corrected chi connectivity index (χ0v) is 17.6. The van der Waals surface area contributed by atoms with Gasteiger partial charge in [0.25, 0.3) is 0 Å². The summed E-state index contributed by atoms with van der Waals surface area (Å²) in [7, 11) is 0. The Morgan fingerprint density at radius 1 is 1.00 bits per heavy atom. The van der Waals surface area contributed by atoms with Gasteiger partial charge in [-0.15, -0.1) is 0 Å². The van der Waals surface area contributed by atoms with Gasteiger partial charge in [0.2, 0.25) is 0 Å². The average molecular weight is 397 g/mol. The van der Waals surface area contributed by atoms with Crippen LogP contribution in [0.25, 0.3) is 17.2 Å². The molecule has 0 aliphatic rings. The van der Waals surface area contributed by atoms with Gasteiger partial charge in [0, 0.05) is 6.61 Å². The molecule has 0 aliphatic heterocycles. The predicted molar refractivity (Wildman–Crippen MR) is 119 cm³/mol. The molecule has 0 radical (unpaired) electrons. The number of hydrogen-bond acceptors (Lipinski definition) is 4. The van der Waals surface area contributed by atoms with Gasteiger partial charge >= 0.3 is 0 Å². The van der Waals surface area contributed by atoms with Crippen molar-refractivity contribution in [3.8, 4) is 16.9 Å². The molecule has 2 N–H and O–H groups in total. The summed E-state index contributed by atoms with van der Waals surface area (Å²) in [6, 6.07) is 14.3. The number of benzene rings is 2. The number of aryl methyl sites for hydroxylation is 1. The first kappa shape index (κ1) is 22.6. The Labute approximate surface area is 174 Å². The standard InChI is InChI=1S/C25H32O4/c1-4-6-7-22(25(27)18-26)17-23-16-21(9-8-19(23)3)20-10-12-24(13-11-20)29-15-14-28-5-2/h8-13,16-18,26-27H,4-7,14-15H2,1-3H3/b22-17+,25-18?. The fraction of sp³-hybridized carbons (Fsp3) is 0.360. The molecule has 0 bridgehead atoms. The summed E-state index contributed by atoms with van der Waals surface area (Å²) in [5, 5.41) is 19.3. The lowest BCUT2D eigenvalue weighted by Gasteiger charge is -2.11. The minimum atomic E-state index is -0.0724. The molecule has 0 saturated carbocycles. The summed E-state index contributed by atoms with van der Waals surface area (Å²) in [5.74, 6) is 0.748. The lowest BCUT2D eigenvalue weighted by molar-refractivity contribution is 0.110. The minimum absolute atomic E-state index is 0.0724. The fourth-order valence-electron chi connectivity index (χ4n) is 2.99. The molecule has 0 heterocycles. The van der Waals surface area contributed by atoms with Crippen LogP contribution in [0.15, 0.2) is 60.1 Å². The largest absolute Gasteiger partial charge is 0.512 e. The topological polar surface area (TPSA) is 58.9 Å². The van der Waals surface area contributed by atoms with Crippen molar-refractivity contribution in [2.75, 3.05) is 19.8 Å². The van der Waals surface area contributed by atoms with E-state index in [1.807, 2.05) is 44.2 Å². The molecule has 0 atom stereocenters. The lowest BCUT2D eigenvalue weighted by atomic mass is 9.96. The number of rotatable bonds is 11. The molecule has 0 unspecified atom stereocenters. The van der Waals surface area contributed by atoms with E-state index >= 15 is 0 Å². The zero-order valence-electron chi connectivity index (χ0n) is 17.6. The van der Waals surface area contributed by atoms with E-state index in [0.717, 1.165) is 59.1 Å². The molecule has 2 rings (SSSR count). The Morgan fingerprint density at radius 2 is 1.72 bits per heavy atom. The Morgan fingerprint density at radius 3 is 2.38 bits per heavy atom. The van der Waals surface area contributed by atoms with E-state index in [-0.39, 0.29) is 5.76 Å². The highest BCUT2D eigenvalue weighted by Gasteiger charge is 2.07. The summed E-state index contributed by atoms with van der Waals surface area (Å²) < 4.78 is 11.0. The molecule has 0 saturated heterocycles. The van der Waals surface area contributed by atoms with Crippen LogP contribution in [-0.4, -0.2) is 30.0 Å². The van der Waals surface area contributed by atoms with Gasteiger partial charge in [-0.25, -0.2) is 0 Å². The van der Waals surface area contributed by atoms with Crippen LogP contribution in [0.2, 0.25) is 0 Å². The van der Waals surface area contributed by atoms with Crippen molar-refractivity contribution < 1.29 is 19.7 Å². The van der Waals surface area contributed by atoms with Crippen LogP contribution >= 0.6 is 0 Å². The van der Waals surface area contributed by atoms with E-state index in [1.165, 1.54) is 0 Å². The van der Waals surface area contributed by atoms with E-state index in [0.29, 0.717) is 19.8 Å². The van der Waals surface area contributed by atoms with Gasteiger partial charge in [-0.1, -0.05) is 37.6 Å². The highest BCUT2D eigenvalue weighted by atomic mass is 16.5. The number of ether oxygens (including phenoxy) is 2. The maximum Gasteiger partial charge on any atom is 0.152 e. The van der Waals surface area contributed by atoms with Crippen molar-refractivity contribution in [2.24, 2.45) is 0 Å². The second-order valence-corrected chi connectivity index (χ2v) is 6.93. The lowest BCUT2D eigenvalue weighted by Crippen LogP contribution is -2.06. The van der Waals surface area contributed by atoms with Crippen LogP contribution in [0, 0.1) is 6.92 Å². The highest BCUT2D eigenvalue weighted by Crippen LogP contribution is 2.27. The zero-order chi connectivity index (χ0) is 21.1. The van der Waals surface area contributed by atoms with Gasteiger partial charge in [0.1, 0.15) is 18.6 Å². The molecule has 0 amide bonds. The van der Waals surface area contributed by atoms with E-state index in [1.54, 1.807) is 0 Å². The third kappa shape index (κ3) is 6.99. The van der Waals surface area contributed by atoms with Gasteiger partial charge in [0.05, 0.1) is 6.61 Å². The number of aliphatic hydroxyl groups is 2. The van der Waals surface area contributed by atoms with E-state index in [4.69, 9.17) is 9.47 Å². The summed E-state index contributed by atoms with van der Waals surface area (Å²) >= 11 is 0. The Hall–Kier alpha value is -2.72. The normalized spacial score (nSPS) is 12.2. The molecule has 0 spiro atoms.